The van der Waals surface area contributed by atoms with Gasteiger partial charge in [-0.1, -0.05) is 24.3 Å². The van der Waals surface area contributed by atoms with Crippen LogP contribution in [0.5, 0.6) is 5.75 Å². The van der Waals surface area contributed by atoms with Crippen LogP contribution in [-0.4, -0.2) is 41.1 Å². The number of nitrogens with one attached hydrogen (secondary N) is 2. The van der Waals surface area contributed by atoms with Gasteiger partial charge in [-0.05, 0) is 63.9 Å². The zero-order valence-corrected chi connectivity index (χ0v) is 17.6. The molecule has 1 aromatic heterocycles. The van der Waals surface area contributed by atoms with E-state index in [0.717, 1.165) is 30.0 Å². The Morgan fingerprint density at radius 1 is 1.34 bits per heavy atom. The van der Waals surface area contributed by atoms with Crippen LogP contribution in [0.4, 0.5) is 5.95 Å². The van der Waals surface area contributed by atoms with Crippen molar-refractivity contribution in [3.63, 3.8) is 0 Å². The fraction of sp³-hybridized carbons (Fsp3) is 0.478. The van der Waals surface area contributed by atoms with E-state index in [1.807, 2.05) is 19.9 Å². The van der Waals surface area contributed by atoms with Gasteiger partial charge in [-0.3, -0.25) is 14.7 Å². The Morgan fingerprint density at radius 2 is 2.14 bits per heavy atom. The smallest absolute Gasteiger partial charge is 0.256 e. The first-order valence-corrected chi connectivity index (χ1v) is 10.4. The Bertz CT molecular complexity index is 885. The third-order valence-electron chi connectivity index (χ3n) is 5.09. The van der Waals surface area contributed by atoms with Gasteiger partial charge in [-0.15, -0.1) is 0 Å². The molecule has 2 N–H and O–H groups in total. The summed E-state index contributed by atoms with van der Waals surface area (Å²) in [7, 11) is 0. The molecule has 1 aromatic carbocycles. The molecule has 0 radical (unpaired) electrons. The van der Waals surface area contributed by atoms with Gasteiger partial charge in [0.1, 0.15) is 5.75 Å². The topological polar surface area (TPSA) is 70.2 Å². The molecule has 0 amide bonds. The Kier molecular flexibility index (Phi) is 7.47. The lowest BCUT2D eigenvalue weighted by molar-refractivity contribution is 0.310. The van der Waals surface area contributed by atoms with E-state index in [-0.39, 0.29) is 5.56 Å². The van der Waals surface area contributed by atoms with Crippen LogP contribution < -0.4 is 15.6 Å². The normalized spacial score (nSPS) is 14.1. The molecule has 2 heterocycles. The van der Waals surface area contributed by atoms with Crippen LogP contribution in [-0.2, 0) is 13.0 Å². The number of H-pyrrole nitrogens is 1. The van der Waals surface area contributed by atoms with Crippen LogP contribution in [0.3, 0.4) is 0 Å². The van der Waals surface area contributed by atoms with Crippen molar-refractivity contribution in [1.29, 1.82) is 0 Å². The van der Waals surface area contributed by atoms with E-state index in [4.69, 9.17) is 4.74 Å². The van der Waals surface area contributed by atoms with Crippen molar-refractivity contribution in [3.05, 3.63) is 63.6 Å². The van der Waals surface area contributed by atoms with Gasteiger partial charge in [0.25, 0.3) is 5.56 Å². The lowest BCUT2D eigenvalue weighted by Gasteiger charge is -2.15. The number of ether oxygens (including phenoxy) is 1. The molecule has 29 heavy (non-hydrogen) atoms. The second kappa shape index (κ2) is 10.3. The fourth-order valence-corrected chi connectivity index (χ4v) is 3.61. The van der Waals surface area contributed by atoms with Crippen molar-refractivity contribution in [2.45, 2.75) is 46.1 Å². The van der Waals surface area contributed by atoms with E-state index >= 15 is 0 Å². The summed E-state index contributed by atoms with van der Waals surface area (Å²) >= 11 is 0. The van der Waals surface area contributed by atoms with E-state index in [0.29, 0.717) is 31.1 Å². The van der Waals surface area contributed by atoms with Gasteiger partial charge >= 0.3 is 0 Å². The molecule has 0 bridgehead atoms. The molecular weight excluding hydrogens is 364 g/mol. The summed E-state index contributed by atoms with van der Waals surface area (Å²) < 4.78 is 5.90. The molecule has 1 aliphatic heterocycles. The highest BCUT2D eigenvalue weighted by Crippen LogP contribution is 2.17. The predicted molar refractivity (Wildman–Crippen MR) is 118 cm³/mol. The summed E-state index contributed by atoms with van der Waals surface area (Å²) in [5, 5.41) is 3.18. The fourth-order valence-electron chi connectivity index (χ4n) is 3.61. The zero-order chi connectivity index (χ0) is 20.6. The van der Waals surface area contributed by atoms with E-state index in [9.17, 15) is 4.79 Å². The summed E-state index contributed by atoms with van der Waals surface area (Å²) in [6.07, 6.45) is 3.98. The molecule has 0 saturated carbocycles. The molecule has 156 valence electrons. The van der Waals surface area contributed by atoms with E-state index in [2.05, 4.69) is 45.0 Å². The number of likely N-dealkylation sites (tertiary alicyclic amines) is 1. The first-order chi connectivity index (χ1) is 14.0. The third kappa shape index (κ3) is 6.46. The number of nitrogens with zero attached hydrogens (tertiary/aromatic N) is 2. The first kappa shape index (κ1) is 21.1. The number of hydrogen-bond donors (Lipinski definition) is 2. The van der Waals surface area contributed by atoms with E-state index in [1.165, 1.54) is 31.5 Å². The number of aromatic nitrogens is 2. The number of rotatable bonds is 10. The van der Waals surface area contributed by atoms with Crippen molar-refractivity contribution >= 4 is 5.95 Å². The Hall–Kier alpha value is -2.60. The molecule has 1 saturated heterocycles. The van der Waals surface area contributed by atoms with Crippen LogP contribution >= 0.6 is 0 Å². The van der Waals surface area contributed by atoms with Crippen LogP contribution in [0.1, 0.15) is 43.0 Å². The number of aromatic amines is 1. The Labute approximate surface area is 173 Å². The number of hydrogen-bond acceptors (Lipinski definition) is 5. The van der Waals surface area contributed by atoms with E-state index in [1.54, 1.807) is 0 Å². The lowest BCUT2D eigenvalue weighted by Crippen LogP contribution is -2.20. The Balaban J connectivity index is 1.43. The minimum atomic E-state index is -0.103. The minimum absolute atomic E-state index is 0.103. The maximum atomic E-state index is 12.2. The maximum absolute atomic E-state index is 12.2. The molecule has 0 spiro atoms. The van der Waals surface area contributed by atoms with Crippen LogP contribution in [0.25, 0.3) is 0 Å². The number of aryl methyl sites for hydroxylation is 1. The summed E-state index contributed by atoms with van der Waals surface area (Å²) in [6, 6.07) is 8.36. The van der Waals surface area contributed by atoms with Gasteiger partial charge < -0.3 is 10.1 Å². The Morgan fingerprint density at radius 3 is 2.86 bits per heavy atom. The highest BCUT2D eigenvalue weighted by atomic mass is 16.5. The monoisotopic (exact) mass is 396 g/mol. The van der Waals surface area contributed by atoms with Gasteiger partial charge in [0.05, 0.1) is 12.3 Å². The number of anilines is 1. The quantitative estimate of drug-likeness (QED) is 0.474. The molecule has 1 aliphatic rings. The summed E-state index contributed by atoms with van der Waals surface area (Å²) in [4.78, 5) is 22.0. The standard InChI is InChI=1S/C23H32N4O2/c1-17(2)14-21-18(3)25-23(26-22(21)28)24-10-7-13-29-20-9-6-8-19(15-20)16-27-11-4-5-12-27/h6,8-9,15H,1,4-5,7,10-14,16H2,2-3H3,(H2,24,25,26,28). The molecule has 3 rings (SSSR count). The average molecular weight is 397 g/mol. The van der Waals surface area contributed by atoms with Crippen LogP contribution in [0.15, 0.2) is 41.2 Å². The number of allylic oxidation sites excluding steroid dienone is 1. The van der Waals surface area contributed by atoms with Crippen molar-refractivity contribution < 1.29 is 4.74 Å². The molecule has 6 nitrogen and oxygen atoms in total. The van der Waals surface area contributed by atoms with Crippen molar-refractivity contribution in [2.24, 2.45) is 0 Å². The lowest BCUT2D eigenvalue weighted by atomic mass is 10.1. The predicted octanol–water partition coefficient (Wildman–Crippen LogP) is 3.67. The molecule has 2 aromatic rings. The van der Waals surface area contributed by atoms with Crippen LogP contribution in [0.2, 0.25) is 0 Å². The molecule has 6 heteroatoms. The highest BCUT2D eigenvalue weighted by Gasteiger charge is 2.12. The molecule has 0 unspecified atom stereocenters. The average Bonchev–Trinajstić information content (AvgIpc) is 3.18. The zero-order valence-electron chi connectivity index (χ0n) is 17.6. The molecule has 1 fully saturated rings. The van der Waals surface area contributed by atoms with Crippen LogP contribution in [0, 0.1) is 6.92 Å². The van der Waals surface area contributed by atoms with Gasteiger partial charge in [-0.25, -0.2) is 4.98 Å². The van der Waals surface area contributed by atoms with Crippen molar-refractivity contribution in [1.82, 2.24) is 14.9 Å². The molecule has 0 aliphatic carbocycles. The second-order valence-electron chi connectivity index (χ2n) is 7.87. The van der Waals surface area contributed by atoms with Gasteiger partial charge in [0.2, 0.25) is 5.95 Å². The summed E-state index contributed by atoms with van der Waals surface area (Å²) in [5.74, 6) is 1.42. The largest absolute Gasteiger partial charge is 0.494 e. The summed E-state index contributed by atoms with van der Waals surface area (Å²) in [5.41, 5.74) is 3.57. The van der Waals surface area contributed by atoms with E-state index < -0.39 is 0 Å². The van der Waals surface area contributed by atoms with Gasteiger partial charge in [-0.2, -0.15) is 0 Å². The SMILES string of the molecule is C=C(C)Cc1c(C)nc(NCCCOc2cccc(CN3CCCC3)c2)[nH]c1=O. The minimum Gasteiger partial charge on any atom is -0.494 e. The van der Waals surface area contributed by atoms with Gasteiger partial charge in [0.15, 0.2) is 0 Å². The third-order valence-corrected chi connectivity index (χ3v) is 5.09. The first-order valence-electron chi connectivity index (χ1n) is 10.4. The van der Waals surface area contributed by atoms with Gasteiger partial charge in [0, 0.05) is 25.1 Å². The molecular formula is C23H32N4O2. The molecule has 0 atom stereocenters. The summed E-state index contributed by atoms with van der Waals surface area (Å²) in [6.45, 7) is 12.3. The second-order valence-corrected chi connectivity index (χ2v) is 7.87. The van der Waals surface area contributed by atoms with Crippen molar-refractivity contribution in [2.75, 3.05) is 31.6 Å². The number of benzene rings is 1. The van der Waals surface area contributed by atoms with Crippen molar-refractivity contribution in [3.8, 4) is 5.75 Å². The highest BCUT2D eigenvalue weighted by molar-refractivity contribution is 5.31. The maximum Gasteiger partial charge on any atom is 0.256 e.